The van der Waals surface area contributed by atoms with E-state index in [4.69, 9.17) is 4.74 Å². The molecule has 0 unspecified atom stereocenters. The van der Waals surface area contributed by atoms with Crippen LogP contribution < -0.4 is 15.6 Å². The minimum Gasteiger partial charge on any atom is -0.497 e. The van der Waals surface area contributed by atoms with Crippen LogP contribution >= 0.6 is 0 Å². The van der Waals surface area contributed by atoms with Crippen LogP contribution in [0, 0.1) is 5.82 Å². The van der Waals surface area contributed by atoms with Gasteiger partial charge in [-0.05, 0) is 42.5 Å². The van der Waals surface area contributed by atoms with Crippen LogP contribution in [0.25, 0.3) is 16.6 Å². The first-order chi connectivity index (χ1) is 12.6. The van der Waals surface area contributed by atoms with Crippen LogP contribution in [-0.4, -0.2) is 32.8 Å². The third-order valence-electron chi connectivity index (χ3n) is 3.88. The van der Waals surface area contributed by atoms with Crippen molar-refractivity contribution in [3.05, 3.63) is 64.3 Å². The maximum Gasteiger partial charge on any atom is 0.278 e. The van der Waals surface area contributed by atoms with Gasteiger partial charge in [-0.1, -0.05) is 5.21 Å². The third kappa shape index (κ3) is 2.55. The van der Waals surface area contributed by atoms with E-state index >= 15 is 0 Å². The number of hydrogen-bond donors (Lipinski definition) is 2. The highest BCUT2D eigenvalue weighted by Crippen LogP contribution is 2.17. The molecule has 130 valence electrons. The Morgan fingerprint density at radius 1 is 1.23 bits per heavy atom. The lowest BCUT2D eigenvalue weighted by molar-refractivity contribution is 0.102. The van der Waals surface area contributed by atoms with Crippen molar-refractivity contribution in [2.24, 2.45) is 0 Å². The lowest BCUT2D eigenvalue weighted by atomic mass is 10.2. The zero-order valence-corrected chi connectivity index (χ0v) is 13.5. The second-order valence-electron chi connectivity index (χ2n) is 5.50. The number of ether oxygens (including phenoxy) is 1. The van der Waals surface area contributed by atoms with Crippen LogP contribution in [0.1, 0.15) is 10.5 Å². The molecule has 2 N–H and O–H groups in total. The summed E-state index contributed by atoms with van der Waals surface area (Å²) in [5.41, 5.74) is 0.458. The lowest BCUT2D eigenvalue weighted by Gasteiger charge is -2.05. The molecule has 0 radical (unpaired) electrons. The number of methoxy groups -OCH3 is 1. The molecule has 8 nitrogen and oxygen atoms in total. The summed E-state index contributed by atoms with van der Waals surface area (Å²) in [5.74, 6) is -0.436. The fourth-order valence-corrected chi connectivity index (χ4v) is 2.65. The topological polar surface area (TPSA) is 101 Å². The number of hydrogen-bond acceptors (Lipinski definition) is 5. The van der Waals surface area contributed by atoms with Crippen molar-refractivity contribution < 1.29 is 13.9 Å². The van der Waals surface area contributed by atoms with Crippen molar-refractivity contribution in [1.82, 2.24) is 19.8 Å². The number of benzene rings is 2. The van der Waals surface area contributed by atoms with Crippen LogP contribution in [0.5, 0.6) is 5.75 Å². The number of amides is 1. The van der Waals surface area contributed by atoms with Crippen molar-refractivity contribution in [1.29, 1.82) is 0 Å². The van der Waals surface area contributed by atoms with Gasteiger partial charge in [0, 0.05) is 5.69 Å². The number of rotatable bonds is 3. The maximum absolute atomic E-state index is 13.4. The Balaban J connectivity index is 1.77. The highest BCUT2D eigenvalue weighted by Gasteiger charge is 2.20. The normalized spacial score (nSPS) is 11.0. The van der Waals surface area contributed by atoms with Gasteiger partial charge in [0.1, 0.15) is 11.6 Å². The van der Waals surface area contributed by atoms with E-state index in [0.29, 0.717) is 17.0 Å². The molecule has 2 heterocycles. The average Bonchev–Trinajstić information content (AvgIpc) is 3.08. The molecule has 9 heteroatoms. The van der Waals surface area contributed by atoms with Crippen LogP contribution in [0.4, 0.5) is 10.1 Å². The Bertz CT molecular complexity index is 1200. The van der Waals surface area contributed by atoms with Gasteiger partial charge in [-0.2, -0.15) is 0 Å². The highest BCUT2D eigenvalue weighted by atomic mass is 19.1. The van der Waals surface area contributed by atoms with Crippen molar-refractivity contribution >= 4 is 28.1 Å². The number of nitrogens with one attached hydrogen (secondary N) is 2. The molecule has 0 saturated heterocycles. The molecule has 0 fully saturated rings. The van der Waals surface area contributed by atoms with Crippen molar-refractivity contribution in [2.75, 3.05) is 12.4 Å². The van der Waals surface area contributed by atoms with Crippen LogP contribution in [0.2, 0.25) is 0 Å². The number of halogens is 1. The van der Waals surface area contributed by atoms with Crippen LogP contribution in [0.15, 0.2) is 47.3 Å². The lowest BCUT2D eigenvalue weighted by Crippen LogP contribution is -2.18. The smallest absolute Gasteiger partial charge is 0.278 e. The molecule has 26 heavy (non-hydrogen) atoms. The van der Waals surface area contributed by atoms with E-state index in [9.17, 15) is 14.0 Å². The third-order valence-corrected chi connectivity index (χ3v) is 3.88. The van der Waals surface area contributed by atoms with E-state index in [1.54, 1.807) is 31.4 Å². The molecule has 0 atom stereocenters. The zero-order chi connectivity index (χ0) is 18.3. The number of H-pyrrole nitrogens is 1. The van der Waals surface area contributed by atoms with E-state index in [-0.39, 0.29) is 16.7 Å². The summed E-state index contributed by atoms with van der Waals surface area (Å²) in [6.45, 7) is 0. The Morgan fingerprint density at radius 2 is 2.00 bits per heavy atom. The minimum atomic E-state index is -0.590. The van der Waals surface area contributed by atoms with Crippen molar-refractivity contribution in [3.63, 3.8) is 0 Å². The minimum absolute atomic E-state index is 0.0184. The Hall–Kier alpha value is -3.75. The zero-order valence-electron chi connectivity index (χ0n) is 13.5. The Morgan fingerprint density at radius 3 is 2.73 bits per heavy atom. The molecule has 0 aliphatic carbocycles. The summed E-state index contributed by atoms with van der Waals surface area (Å²) in [6.07, 6.45) is 0. The first-order valence-electron chi connectivity index (χ1n) is 7.59. The molecule has 1 amide bonds. The van der Waals surface area contributed by atoms with Gasteiger partial charge in [0.25, 0.3) is 11.5 Å². The summed E-state index contributed by atoms with van der Waals surface area (Å²) >= 11 is 0. The standard InChI is InChI=1S/C17H12FN5O3/c1-26-11-5-3-10(4-6-11)19-16(24)14-15-17(25)20-12-8-9(18)2-7-13(12)23(15)22-21-14/h2-8H,1H3,(H,19,24)(H,20,25). The summed E-state index contributed by atoms with van der Waals surface area (Å²) < 4.78 is 19.6. The van der Waals surface area contributed by atoms with Gasteiger partial charge in [0.2, 0.25) is 0 Å². The molecule has 4 aromatic rings. The highest BCUT2D eigenvalue weighted by molar-refractivity contribution is 6.07. The van der Waals surface area contributed by atoms with E-state index in [1.165, 1.54) is 22.7 Å². The molecule has 2 aromatic carbocycles. The number of nitrogens with zero attached hydrogens (tertiary/aromatic N) is 3. The summed E-state index contributed by atoms with van der Waals surface area (Å²) in [4.78, 5) is 27.4. The van der Waals surface area contributed by atoms with Gasteiger partial charge in [-0.25, -0.2) is 8.91 Å². The fraction of sp³-hybridized carbons (Fsp3) is 0.0588. The predicted molar refractivity (Wildman–Crippen MR) is 92.0 cm³/mol. The summed E-state index contributed by atoms with van der Waals surface area (Å²) in [7, 11) is 1.54. The second-order valence-corrected chi connectivity index (χ2v) is 5.50. The van der Waals surface area contributed by atoms with E-state index in [1.807, 2.05) is 0 Å². The van der Waals surface area contributed by atoms with Crippen LogP contribution in [0.3, 0.4) is 0 Å². The van der Waals surface area contributed by atoms with Gasteiger partial charge in [-0.15, -0.1) is 5.10 Å². The second kappa shape index (κ2) is 5.96. The molecule has 0 saturated carbocycles. The Labute approximate surface area is 145 Å². The van der Waals surface area contributed by atoms with Gasteiger partial charge < -0.3 is 15.0 Å². The van der Waals surface area contributed by atoms with Crippen LogP contribution in [-0.2, 0) is 0 Å². The quantitative estimate of drug-likeness (QED) is 0.586. The number of anilines is 1. The van der Waals surface area contributed by atoms with Gasteiger partial charge in [-0.3, -0.25) is 9.59 Å². The van der Waals surface area contributed by atoms with Crippen molar-refractivity contribution in [3.8, 4) is 5.75 Å². The number of aromatic amines is 1. The van der Waals surface area contributed by atoms with Gasteiger partial charge >= 0.3 is 0 Å². The molecular formula is C17H12FN5O3. The maximum atomic E-state index is 13.4. The van der Waals surface area contributed by atoms with E-state index in [0.717, 1.165) is 0 Å². The van der Waals surface area contributed by atoms with E-state index < -0.39 is 17.3 Å². The summed E-state index contributed by atoms with van der Waals surface area (Å²) in [6, 6.07) is 10.6. The Kier molecular flexibility index (Phi) is 3.61. The molecular weight excluding hydrogens is 341 g/mol. The van der Waals surface area contributed by atoms with Gasteiger partial charge in [0.15, 0.2) is 11.2 Å². The first-order valence-corrected chi connectivity index (χ1v) is 7.59. The molecule has 0 aliphatic heterocycles. The molecule has 0 bridgehead atoms. The van der Waals surface area contributed by atoms with E-state index in [2.05, 4.69) is 20.6 Å². The number of carbonyl (C=O) groups excluding carboxylic acids is 1. The molecule has 0 spiro atoms. The monoisotopic (exact) mass is 353 g/mol. The summed E-state index contributed by atoms with van der Waals surface area (Å²) in [5, 5.41) is 10.3. The largest absolute Gasteiger partial charge is 0.497 e. The van der Waals surface area contributed by atoms with Crippen molar-refractivity contribution in [2.45, 2.75) is 0 Å². The van der Waals surface area contributed by atoms with Gasteiger partial charge in [0.05, 0.1) is 18.1 Å². The number of aromatic nitrogens is 4. The SMILES string of the molecule is COc1ccc(NC(=O)c2nnn3c2c(=O)[nH]c2cc(F)ccc23)cc1. The molecule has 2 aromatic heterocycles. The predicted octanol–water partition coefficient (Wildman–Crippen LogP) is 1.97. The fourth-order valence-electron chi connectivity index (χ4n) is 2.65. The molecule has 4 rings (SSSR count). The molecule has 0 aliphatic rings. The number of carbonyl (C=O) groups is 1. The first kappa shape index (κ1) is 15.8. The number of fused-ring (bicyclic) bond motifs is 3. The average molecular weight is 353 g/mol.